The average Bonchev–Trinajstić information content (AvgIpc) is 2.94. The average molecular weight is 317 g/mol. The zero-order valence-corrected chi connectivity index (χ0v) is 14.0. The number of hydrogen-bond acceptors (Lipinski definition) is 2. The molecule has 0 aliphatic rings. The third kappa shape index (κ3) is 2.13. The Morgan fingerprint density at radius 1 is 0.708 bits per heavy atom. The highest BCUT2D eigenvalue weighted by Crippen LogP contribution is 2.36. The molecule has 0 aliphatic carbocycles. The number of nitrogens with zero attached hydrogens (tertiary/aromatic N) is 1. The van der Waals surface area contributed by atoms with Gasteiger partial charge in [-0.1, -0.05) is 18.2 Å². The van der Waals surface area contributed by atoms with Crippen LogP contribution < -0.4 is 9.47 Å². The summed E-state index contributed by atoms with van der Waals surface area (Å²) >= 11 is 0. The van der Waals surface area contributed by atoms with E-state index in [1.807, 2.05) is 12.1 Å². The zero-order valence-electron chi connectivity index (χ0n) is 14.0. The number of para-hydroxylation sites is 1. The van der Waals surface area contributed by atoms with E-state index < -0.39 is 0 Å². The van der Waals surface area contributed by atoms with Gasteiger partial charge in [0.1, 0.15) is 11.5 Å². The molecule has 1 heterocycles. The molecule has 24 heavy (non-hydrogen) atoms. The third-order valence-electron chi connectivity index (χ3n) is 4.54. The second kappa shape index (κ2) is 5.60. The Kier molecular flexibility index (Phi) is 3.42. The van der Waals surface area contributed by atoms with Crippen molar-refractivity contribution in [2.24, 2.45) is 0 Å². The van der Waals surface area contributed by atoms with Crippen LogP contribution in [0.15, 0.2) is 60.7 Å². The van der Waals surface area contributed by atoms with Crippen LogP contribution in [-0.2, 0) is 0 Å². The van der Waals surface area contributed by atoms with Gasteiger partial charge in [0.05, 0.1) is 25.3 Å². The first-order chi connectivity index (χ1) is 11.7. The molecule has 0 aliphatic heterocycles. The topological polar surface area (TPSA) is 23.4 Å². The lowest BCUT2D eigenvalue weighted by Crippen LogP contribution is -1.96. The number of methoxy groups -OCH3 is 2. The molecular weight excluding hydrogens is 298 g/mol. The van der Waals surface area contributed by atoms with Crippen molar-refractivity contribution < 1.29 is 9.47 Å². The first kappa shape index (κ1) is 14.6. The molecule has 0 spiro atoms. The van der Waals surface area contributed by atoms with Crippen LogP contribution in [0.2, 0.25) is 0 Å². The van der Waals surface area contributed by atoms with Crippen molar-refractivity contribution in [2.75, 3.05) is 14.2 Å². The lowest BCUT2D eigenvalue weighted by molar-refractivity contribution is 0.415. The molecule has 3 aromatic carbocycles. The Labute approximate surface area is 141 Å². The molecule has 0 amide bonds. The molecule has 0 bridgehead atoms. The van der Waals surface area contributed by atoms with E-state index >= 15 is 0 Å². The maximum absolute atomic E-state index is 5.43. The van der Waals surface area contributed by atoms with E-state index in [-0.39, 0.29) is 0 Å². The number of rotatable bonds is 3. The fraction of sp³-hybridized carbons (Fsp3) is 0.143. The van der Waals surface area contributed by atoms with Gasteiger partial charge >= 0.3 is 0 Å². The van der Waals surface area contributed by atoms with Crippen LogP contribution >= 0.6 is 0 Å². The molecule has 0 atom stereocenters. The minimum atomic E-state index is 0.856. The number of hydrogen-bond donors (Lipinski definition) is 0. The van der Waals surface area contributed by atoms with Gasteiger partial charge in [0.25, 0.3) is 0 Å². The van der Waals surface area contributed by atoms with E-state index in [4.69, 9.17) is 9.47 Å². The monoisotopic (exact) mass is 317 g/mol. The minimum absolute atomic E-state index is 0.856. The predicted molar refractivity (Wildman–Crippen MR) is 98.6 cm³/mol. The van der Waals surface area contributed by atoms with Crippen molar-refractivity contribution in [3.8, 4) is 17.2 Å². The van der Waals surface area contributed by atoms with Crippen LogP contribution in [0.25, 0.3) is 27.5 Å². The zero-order chi connectivity index (χ0) is 16.7. The normalized spacial score (nSPS) is 11.1. The summed E-state index contributed by atoms with van der Waals surface area (Å²) in [4.78, 5) is 0. The standard InChI is InChI=1S/C21H19NO2/c1-14-6-4-5-7-19(14)22-20-10-8-15(23-2)12-17(20)18-13-16(24-3)9-11-21(18)22/h4-13H,1-3H3. The van der Waals surface area contributed by atoms with Gasteiger partial charge in [-0.25, -0.2) is 0 Å². The van der Waals surface area contributed by atoms with Crippen LogP contribution in [0.4, 0.5) is 0 Å². The summed E-state index contributed by atoms with van der Waals surface area (Å²) in [7, 11) is 3.39. The molecule has 0 fully saturated rings. The van der Waals surface area contributed by atoms with Gasteiger partial charge in [-0.15, -0.1) is 0 Å². The lowest BCUT2D eigenvalue weighted by Gasteiger charge is -2.11. The Bertz CT molecular complexity index is 985. The highest BCUT2D eigenvalue weighted by atomic mass is 16.5. The van der Waals surface area contributed by atoms with E-state index in [0.717, 1.165) is 33.3 Å². The van der Waals surface area contributed by atoms with Crippen molar-refractivity contribution in [1.29, 1.82) is 0 Å². The molecule has 0 N–H and O–H groups in total. The molecule has 4 rings (SSSR count). The van der Waals surface area contributed by atoms with E-state index in [1.54, 1.807) is 14.2 Å². The number of benzene rings is 3. The largest absolute Gasteiger partial charge is 0.497 e. The second-order valence-electron chi connectivity index (χ2n) is 5.89. The van der Waals surface area contributed by atoms with E-state index in [0.29, 0.717) is 0 Å². The number of ether oxygens (including phenoxy) is 2. The summed E-state index contributed by atoms with van der Waals surface area (Å²) in [6.07, 6.45) is 0. The Balaban J connectivity index is 2.17. The fourth-order valence-corrected chi connectivity index (χ4v) is 3.31. The number of fused-ring (bicyclic) bond motifs is 3. The first-order valence-corrected chi connectivity index (χ1v) is 7.95. The molecule has 3 heteroatoms. The maximum atomic E-state index is 5.43. The molecule has 1 aromatic heterocycles. The van der Waals surface area contributed by atoms with Crippen LogP contribution in [0, 0.1) is 6.92 Å². The first-order valence-electron chi connectivity index (χ1n) is 7.95. The number of aryl methyl sites for hydroxylation is 1. The molecule has 0 saturated carbocycles. The Morgan fingerprint density at radius 2 is 1.25 bits per heavy atom. The summed E-state index contributed by atoms with van der Waals surface area (Å²) in [5.41, 5.74) is 4.75. The van der Waals surface area contributed by atoms with Gasteiger partial charge in [-0.05, 0) is 55.0 Å². The smallest absolute Gasteiger partial charge is 0.119 e. The van der Waals surface area contributed by atoms with Gasteiger partial charge in [-0.3, -0.25) is 0 Å². The summed E-state index contributed by atoms with van der Waals surface area (Å²) in [6.45, 7) is 2.14. The molecule has 3 nitrogen and oxygen atoms in total. The van der Waals surface area contributed by atoms with Crippen molar-refractivity contribution in [3.05, 3.63) is 66.2 Å². The number of aromatic nitrogens is 1. The van der Waals surface area contributed by atoms with Crippen LogP contribution in [0.1, 0.15) is 5.56 Å². The van der Waals surface area contributed by atoms with E-state index in [1.165, 1.54) is 11.3 Å². The van der Waals surface area contributed by atoms with Crippen LogP contribution in [-0.4, -0.2) is 18.8 Å². The van der Waals surface area contributed by atoms with E-state index in [2.05, 4.69) is 60.0 Å². The minimum Gasteiger partial charge on any atom is -0.497 e. The van der Waals surface area contributed by atoms with Crippen molar-refractivity contribution >= 4 is 21.8 Å². The Hall–Kier alpha value is -2.94. The van der Waals surface area contributed by atoms with Crippen LogP contribution in [0.3, 0.4) is 0 Å². The molecular formula is C21H19NO2. The molecule has 0 saturated heterocycles. The van der Waals surface area contributed by atoms with Gasteiger partial charge < -0.3 is 14.0 Å². The Morgan fingerprint density at radius 3 is 1.75 bits per heavy atom. The predicted octanol–water partition coefficient (Wildman–Crippen LogP) is 5.11. The quantitative estimate of drug-likeness (QED) is 0.524. The molecule has 0 unspecified atom stereocenters. The van der Waals surface area contributed by atoms with Gasteiger partial charge in [-0.2, -0.15) is 0 Å². The van der Waals surface area contributed by atoms with Gasteiger partial charge in [0, 0.05) is 16.5 Å². The maximum Gasteiger partial charge on any atom is 0.119 e. The molecule has 0 radical (unpaired) electrons. The third-order valence-corrected chi connectivity index (χ3v) is 4.54. The van der Waals surface area contributed by atoms with Gasteiger partial charge in [0.2, 0.25) is 0 Å². The summed E-state index contributed by atoms with van der Waals surface area (Å²) in [6, 6.07) is 20.9. The van der Waals surface area contributed by atoms with Crippen molar-refractivity contribution in [3.63, 3.8) is 0 Å². The lowest BCUT2D eigenvalue weighted by atomic mass is 10.1. The second-order valence-corrected chi connectivity index (χ2v) is 5.89. The summed E-state index contributed by atoms with van der Waals surface area (Å²) in [5, 5.41) is 2.32. The highest BCUT2D eigenvalue weighted by Gasteiger charge is 2.14. The molecule has 4 aromatic rings. The highest BCUT2D eigenvalue weighted by molar-refractivity contribution is 6.10. The summed E-state index contributed by atoms with van der Waals surface area (Å²) < 4.78 is 13.2. The van der Waals surface area contributed by atoms with Crippen molar-refractivity contribution in [1.82, 2.24) is 4.57 Å². The molecule has 120 valence electrons. The van der Waals surface area contributed by atoms with E-state index in [9.17, 15) is 0 Å². The van der Waals surface area contributed by atoms with Gasteiger partial charge in [0.15, 0.2) is 0 Å². The summed E-state index contributed by atoms with van der Waals surface area (Å²) in [5.74, 6) is 1.71. The van der Waals surface area contributed by atoms with Crippen LogP contribution in [0.5, 0.6) is 11.5 Å². The van der Waals surface area contributed by atoms with Crippen molar-refractivity contribution in [2.45, 2.75) is 6.92 Å². The SMILES string of the molecule is COc1ccc2c(c1)c1cc(OC)ccc1n2-c1ccccc1C. The fourth-order valence-electron chi connectivity index (χ4n) is 3.31.